The number of hydrogen-bond acceptors (Lipinski definition) is 6. The molecular formula is C21H25NO6S. The van der Waals surface area contributed by atoms with E-state index in [4.69, 9.17) is 14.2 Å². The van der Waals surface area contributed by atoms with Crippen LogP contribution < -0.4 is 4.72 Å². The number of carbonyl (C=O) groups excluding carboxylic acids is 1. The fraction of sp³-hybridized carbons (Fsp3) is 0.381. The zero-order chi connectivity index (χ0) is 20.5. The molecule has 1 heterocycles. The molecule has 0 saturated carbocycles. The second-order valence-corrected chi connectivity index (χ2v) is 8.42. The van der Waals surface area contributed by atoms with E-state index in [0.29, 0.717) is 13.0 Å². The van der Waals surface area contributed by atoms with Gasteiger partial charge < -0.3 is 14.2 Å². The van der Waals surface area contributed by atoms with Crippen molar-refractivity contribution < 1.29 is 27.4 Å². The number of ether oxygens (including phenoxy) is 3. The third-order valence-corrected chi connectivity index (χ3v) is 5.93. The molecule has 1 aliphatic heterocycles. The van der Waals surface area contributed by atoms with Crippen LogP contribution in [0.3, 0.4) is 0 Å². The molecule has 0 aromatic heterocycles. The third kappa shape index (κ3) is 6.64. The number of carbonyl (C=O) groups is 1. The smallest absolute Gasteiger partial charge is 0.326 e. The van der Waals surface area contributed by atoms with Gasteiger partial charge in [0.05, 0.1) is 11.5 Å². The van der Waals surface area contributed by atoms with Gasteiger partial charge in [0, 0.05) is 6.61 Å². The minimum atomic E-state index is -3.91. The lowest BCUT2D eigenvalue weighted by Crippen LogP contribution is -2.46. The predicted molar refractivity (Wildman–Crippen MR) is 106 cm³/mol. The topological polar surface area (TPSA) is 90.9 Å². The Balaban J connectivity index is 1.67. The molecule has 156 valence electrons. The van der Waals surface area contributed by atoms with E-state index in [0.717, 1.165) is 18.4 Å². The van der Waals surface area contributed by atoms with Crippen molar-refractivity contribution in [2.75, 3.05) is 13.2 Å². The van der Waals surface area contributed by atoms with Crippen molar-refractivity contribution in [3.05, 3.63) is 66.2 Å². The van der Waals surface area contributed by atoms with Gasteiger partial charge in [0.15, 0.2) is 6.29 Å². The highest BCUT2D eigenvalue weighted by Gasteiger charge is 2.29. The summed E-state index contributed by atoms with van der Waals surface area (Å²) >= 11 is 0. The Morgan fingerprint density at radius 1 is 1.07 bits per heavy atom. The first-order valence-electron chi connectivity index (χ1n) is 9.56. The van der Waals surface area contributed by atoms with Crippen LogP contribution in [0.2, 0.25) is 0 Å². The van der Waals surface area contributed by atoms with Gasteiger partial charge in [0.2, 0.25) is 10.0 Å². The molecule has 2 aromatic carbocycles. The van der Waals surface area contributed by atoms with Crippen LogP contribution in [0.4, 0.5) is 0 Å². The number of hydrogen-bond donors (Lipinski definition) is 1. The first-order valence-corrected chi connectivity index (χ1v) is 11.0. The molecule has 1 unspecified atom stereocenters. The van der Waals surface area contributed by atoms with Gasteiger partial charge in [-0.05, 0) is 37.0 Å². The Kier molecular flexibility index (Phi) is 7.76. The fourth-order valence-corrected chi connectivity index (χ4v) is 4.07. The fourth-order valence-electron chi connectivity index (χ4n) is 2.88. The van der Waals surface area contributed by atoms with Crippen molar-refractivity contribution in [2.24, 2.45) is 0 Å². The lowest BCUT2D eigenvalue weighted by atomic mass is 10.2. The molecule has 0 aliphatic carbocycles. The molecule has 2 aromatic rings. The summed E-state index contributed by atoms with van der Waals surface area (Å²) in [5.74, 6) is -0.704. The largest absolute Gasteiger partial charge is 0.460 e. The summed E-state index contributed by atoms with van der Waals surface area (Å²) < 4.78 is 44.2. The monoisotopic (exact) mass is 419 g/mol. The maximum absolute atomic E-state index is 12.7. The van der Waals surface area contributed by atoms with Crippen LogP contribution in [0.25, 0.3) is 0 Å². The molecule has 2 atom stereocenters. The van der Waals surface area contributed by atoms with Crippen LogP contribution in [0, 0.1) is 0 Å². The second-order valence-electron chi connectivity index (χ2n) is 6.71. The van der Waals surface area contributed by atoms with Crippen LogP contribution >= 0.6 is 0 Å². The van der Waals surface area contributed by atoms with Gasteiger partial charge >= 0.3 is 5.97 Å². The SMILES string of the molecule is O=C(OCc1ccccc1)[C@H](COC1CCCCO1)NS(=O)(=O)c1ccccc1. The highest BCUT2D eigenvalue weighted by molar-refractivity contribution is 7.89. The molecule has 8 heteroatoms. The lowest BCUT2D eigenvalue weighted by Gasteiger charge is -2.25. The minimum Gasteiger partial charge on any atom is -0.460 e. The first-order chi connectivity index (χ1) is 14.0. The normalized spacial score (nSPS) is 18.1. The molecule has 0 spiro atoms. The quantitative estimate of drug-likeness (QED) is 0.629. The van der Waals surface area contributed by atoms with E-state index in [1.54, 1.807) is 18.2 Å². The molecule has 1 aliphatic rings. The molecule has 1 N–H and O–H groups in total. The van der Waals surface area contributed by atoms with Gasteiger partial charge in [-0.3, -0.25) is 4.79 Å². The van der Waals surface area contributed by atoms with E-state index < -0.39 is 28.3 Å². The van der Waals surface area contributed by atoms with Gasteiger partial charge in [-0.1, -0.05) is 48.5 Å². The van der Waals surface area contributed by atoms with E-state index in [1.807, 2.05) is 30.3 Å². The Hall–Kier alpha value is -2.26. The Labute approximate surface area is 171 Å². The number of nitrogens with one attached hydrogen (secondary N) is 1. The van der Waals surface area contributed by atoms with Crippen molar-refractivity contribution in [3.8, 4) is 0 Å². The summed E-state index contributed by atoms with van der Waals surface area (Å²) in [6, 6.07) is 15.9. The highest BCUT2D eigenvalue weighted by Crippen LogP contribution is 2.15. The standard InChI is InChI=1S/C21H25NO6S/c23-21(28-15-17-9-3-1-4-10-17)19(16-27-20-13-7-8-14-26-20)22-29(24,25)18-11-5-2-6-12-18/h1-6,9-12,19-20,22H,7-8,13-16H2/t19-,20?/m0/s1. The number of sulfonamides is 1. The van der Waals surface area contributed by atoms with Crippen LogP contribution in [-0.4, -0.2) is 39.9 Å². The molecule has 1 saturated heterocycles. The predicted octanol–water partition coefficient (Wildman–Crippen LogP) is 2.62. The number of benzene rings is 2. The summed E-state index contributed by atoms with van der Waals surface area (Å²) in [4.78, 5) is 12.7. The maximum atomic E-state index is 12.7. The summed E-state index contributed by atoms with van der Waals surface area (Å²) in [7, 11) is -3.91. The molecule has 29 heavy (non-hydrogen) atoms. The van der Waals surface area contributed by atoms with Crippen molar-refractivity contribution in [1.82, 2.24) is 4.72 Å². The third-order valence-electron chi connectivity index (χ3n) is 4.45. The lowest BCUT2D eigenvalue weighted by molar-refractivity contribution is -0.173. The Morgan fingerprint density at radius 3 is 2.41 bits per heavy atom. The molecule has 0 radical (unpaired) electrons. The minimum absolute atomic E-state index is 0.0448. The van der Waals surface area contributed by atoms with E-state index in [-0.39, 0.29) is 18.1 Å². The van der Waals surface area contributed by atoms with Crippen molar-refractivity contribution in [1.29, 1.82) is 0 Å². The zero-order valence-electron chi connectivity index (χ0n) is 16.0. The van der Waals surface area contributed by atoms with Gasteiger partial charge in [-0.25, -0.2) is 8.42 Å². The zero-order valence-corrected chi connectivity index (χ0v) is 16.8. The average molecular weight is 419 g/mol. The van der Waals surface area contributed by atoms with Crippen LogP contribution in [0.1, 0.15) is 24.8 Å². The van der Waals surface area contributed by atoms with Crippen LogP contribution in [-0.2, 0) is 35.6 Å². The van der Waals surface area contributed by atoms with E-state index in [9.17, 15) is 13.2 Å². The Morgan fingerprint density at radius 2 is 1.76 bits per heavy atom. The highest BCUT2D eigenvalue weighted by atomic mass is 32.2. The van der Waals surface area contributed by atoms with Crippen LogP contribution in [0.15, 0.2) is 65.6 Å². The molecule has 0 bridgehead atoms. The van der Waals surface area contributed by atoms with Crippen molar-refractivity contribution in [3.63, 3.8) is 0 Å². The summed E-state index contributed by atoms with van der Waals surface area (Å²) in [5, 5.41) is 0. The van der Waals surface area contributed by atoms with E-state index in [1.165, 1.54) is 12.1 Å². The number of esters is 1. The van der Waals surface area contributed by atoms with Crippen LogP contribution in [0.5, 0.6) is 0 Å². The average Bonchev–Trinajstić information content (AvgIpc) is 2.77. The van der Waals surface area contributed by atoms with Crippen molar-refractivity contribution in [2.45, 2.75) is 43.1 Å². The first kappa shape index (κ1) is 21.4. The molecule has 7 nitrogen and oxygen atoms in total. The second kappa shape index (κ2) is 10.5. The molecular weight excluding hydrogens is 394 g/mol. The van der Waals surface area contributed by atoms with Gasteiger partial charge in [-0.2, -0.15) is 4.72 Å². The van der Waals surface area contributed by atoms with Gasteiger partial charge in [0.1, 0.15) is 12.6 Å². The molecule has 0 amide bonds. The van der Waals surface area contributed by atoms with E-state index >= 15 is 0 Å². The summed E-state index contributed by atoms with van der Waals surface area (Å²) in [6.07, 6.45) is 2.18. The molecule has 1 fully saturated rings. The summed E-state index contributed by atoms with van der Waals surface area (Å²) in [6.45, 7) is 0.455. The van der Waals surface area contributed by atoms with Crippen molar-refractivity contribution >= 4 is 16.0 Å². The van der Waals surface area contributed by atoms with E-state index in [2.05, 4.69) is 4.72 Å². The maximum Gasteiger partial charge on any atom is 0.326 e. The Bertz CT molecular complexity index is 867. The number of rotatable bonds is 9. The van der Waals surface area contributed by atoms with Gasteiger partial charge in [0.25, 0.3) is 0 Å². The van der Waals surface area contributed by atoms with Gasteiger partial charge in [-0.15, -0.1) is 0 Å². The summed E-state index contributed by atoms with van der Waals surface area (Å²) in [5.41, 5.74) is 0.807. The molecule has 3 rings (SSSR count).